The Morgan fingerprint density at radius 2 is 2.04 bits per heavy atom. The van der Waals surface area contributed by atoms with Gasteiger partial charge in [-0.1, -0.05) is 17.7 Å². The van der Waals surface area contributed by atoms with Crippen molar-refractivity contribution in [3.05, 3.63) is 47.7 Å². The number of methoxy groups -OCH3 is 1. The van der Waals surface area contributed by atoms with Gasteiger partial charge in [0.2, 0.25) is 5.95 Å². The second kappa shape index (κ2) is 7.65. The van der Waals surface area contributed by atoms with Gasteiger partial charge in [-0.2, -0.15) is 4.98 Å². The molecule has 0 unspecified atom stereocenters. The first-order valence-corrected chi connectivity index (χ1v) is 8.19. The van der Waals surface area contributed by atoms with E-state index in [1.54, 1.807) is 13.3 Å². The third kappa shape index (κ3) is 4.06. The summed E-state index contributed by atoms with van der Waals surface area (Å²) >= 11 is 0. The summed E-state index contributed by atoms with van der Waals surface area (Å²) in [4.78, 5) is 8.79. The summed E-state index contributed by atoms with van der Waals surface area (Å²) in [5, 5.41) is 13.5. The van der Waals surface area contributed by atoms with Crippen LogP contribution in [0.25, 0.3) is 11.4 Å². The predicted molar refractivity (Wildman–Crippen MR) is 98.8 cm³/mol. The van der Waals surface area contributed by atoms with E-state index < -0.39 is 0 Å². The molecule has 130 valence electrons. The number of aromatic amines is 1. The number of hydrogen-bond donors (Lipinski definition) is 3. The lowest BCUT2D eigenvalue weighted by atomic mass is 10.1. The second-order valence-electron chi connectivity index (χ2n) is 5.64. The van der Waals surface area contributed by atoms with E-state index in [0.717, 1.165) is 29.2 Å². The number of H-pyrrole nitrogens is 1. The molecule has 25 heavy (non-hydrogen) atoms. The van der Waals surface area contributed by atoms with Gasteiger partial charge in [0.05, 0.1) is 7.11 Å². The Labute approximate surface area is 146 Å². The number of aromatic nitrogens is 4. The number of ether oxygens (including phenoxy) is 1. The Kier molecular flexibility index (Phi) is 5.13. The van der Waals surface area contributed by atoms with Crippen LogP contribution in [0, 0.1) is 6.92 Å². The summed E-state index contributed by atoms with van der Waals surface area (Å²) in [7, 11) is 1.68. The van der Waals surface area contributed by atoms with Gasteiger partial charge in [0, 0.05) is 30.4 Å². The van der Waals surface area contributed by atoms with Gasteiger partial charge in [0.25, 0.3) is 0 Å². The smallest absolute Gasteiger partial charge is 0.242 e. The van der Waals surface area contributed by atoms with Crippen molar-refractivity contribution in [1.29, 1.82) is 0 Å². The molecule has 7 nitrogen and oxygen atoms in total. The Morgan fingerprint density at radius 1 is 1.16 bits per heavy atom. The topological polar surface area (TPSA) is 87.8 Å². The van der Waals surface area contributed by atoms with Crippen molar-refractivity contribution in [3.63, 3.8) is 0 Å². The van der Waals surface area contributed by atoms with E-state index >= 15 is 0 Å². The standard InChI is InChI=1S/C18H22N6O/c1-4-19-18-22-17(23-24-18)13-7-8-20-16(10-13)21-11-14-9-12(2)5-6-15(14)25-3/h5-10H,4,11H2,1-3H3,(H,20,21)(H2,19,22,23,24). The number of aryl methyl sites for hydroxylation is 1. The van der Waals surface area contributed by atoms with Crippen molar-refractivity contribution < 1.29 is 4.74 Å². The van der Waals surface area contributed by atoms with E-state index in [0.29, 0.717) is 18.3 Å². The largest absolute Gasteiger partial charge is 0.496 e. The van der Waals surface area contributed by atoms with Crippen LogP contribution in [-0.2, 0) is 6.54 Å². The summed E-state index contributed by atoms with van der Waals surface area (Å²) in [6.07, 6.45) is 1.75. The van der Waals surface area contributed by atoms with E-state index in [-0.39, 0.29) is 0 Å². The Morgan fingerprint density at radius 3 is 2.84 bits per heavy atom. The maximum Gasteiger partial charge on any atom is 0.242 e. The zero-order valence-corrected chi connectivity index (χ0v) is 14.6. The normalized spacial score (nSPS) is 10.5. The third-order valence-electron chi connectivity index (χ3n) is 3.75. The molecule has 0 spiro atoms. The highest BCUT2D eigenvalue weighted by Gasteiger charge is 2.07. The van der Waals surface area contributed by atoms with Crippen molar-refractivity contribution in [1.82, 2.24) is 20.2 Å². The molecular formula is C18H22N6O. The van der Waals surface area contributed by atoms with Gasteiger partial charge in [-0.25, -0.2) is 4.98 Å². The van der Waals surface area contributed by atoms with Crippen LogP contribution >= 0.6 is 0 Å². The minimum atomic E-state index is 0.591. The highest BCUT2D eigenvalue weighted by molar-refractivity contribution is 5.60. The van der Waals surface area contributed by atoms with Gasteiger partial charge in [-0.15, -0.1) is 5.10 Å². The zero-order chi connectivity index (χ0) is 17.6. The Hall–Kier alpha value is -3.09. The highest BCUT2D eigenvalue weighted by atomic mass is 16.5. The fourth-order valence-corrected chi connectivity index (χ4v) is 2.53. The number of pyridine rings is 1. The van der Waals surface area contributed by atoms with Crippen molar-refractivity contribution in [2.24, 2.45) is 0 Å². The van der Waals surface area contributed by atoms with Crippen molar-refractivity contribution >= 4 is 11.8 Å². The summed E-state index contributed by atoms with van der Waals surface area (Å²) in [5.74, 6) is 2.92. The van der Waals surface area contributed by atoms with Crippen LogP contribution in [0.5, 0.6) is 5.75 Å². The molecule has 3 rings (SSSR count). The lowest BCUT2D eigenvalue weighted by Gasteiger charge is -2.11. The SMILES string of the molecule is CCNc1n[nH]c(-c2ccnc(NCc3cc(C)ccc3OC)c2)n1. The van der Waals surface area contributed by atoms with E-state index in [2.05, 4.69) is 43.8 Å². The molecule has 0 amide bonds. The number of nitrogens with one attached hydrogen (secondary N) is 3. The summed E-state index contributed by atoms with van der Waals surface area (Å²) in [6.45, 7) is 5.47. The summed E-state index contributed by atoms with van der Waals surface area (Å²) in [5.41, 5.74) is 3.20. The fourth-order valence-electron chi connectivity index (χ4n) is 2.53. The molecule has 2 aromatic heterocycles. The molecule has 0 radical (unpaired) electrons. The third-order valence-corrected chi connectivity index (χ3v) is 3.75. The maximum absolute atomic E-state index is 5.42. The van der Waals surface area contributed by atoms with E-state index in [9.17, 15) is 0 Å². The number of nitrogens with zero attached hydrogens (tertiary/aromatic N) is 3. The molecule has 3 N–H and O–H groups in total. The van der Waals surface area contributed by atoms with Crippen molar-refractivity contribution in [2.75, 3.05) is 24.3 Å². The van der Waals surface area contributed by atoms with Crippen molar-refractivity contribution in [2.45, 2.75) is 20.4 Å². The number of rotatable bonds is 7. The van der Waals surface area contributed by atoms with E-state index in [4.69, 9.17) is 4.74 Å². The number of benzene rings is 1. The lowest BCUT2D eigenvalue weighted by Crippen LogP contribution is -2.03. The summed E-state index contributed by atoms with van der Waals surface area (Å²) < 4.78 is 5.42. The Bertz CT molecular complexity index is 845. The van der Waals surface area contributed by atoms with Crippen LogP contribution in [0.3, 0.4) is 0 Å². The quantitative estimate of drug-likeness (QED) is 0.613. The minimum Gasteiger partial charge on any atom is -0.496 e. The van der Waals surface area contributed by atoms with Crippen LogP contribution < -0.4 is 15.4 Å². The van der Waals surface area contributed by atoms with Crippen LogP contribution in [0.2, 0.25) is 0 Å². The van der Waals surface area contributed by atoms with Crippen LogP contribution in [-0.4, -0.2) is 33.8 Å². The van der Waals surface area contributed by atoms with Gasteiger partial charge >= 0.3 is 0 Å². The molecule has 0 saturated carbocycles. The molecule has 3 aromatic rings. The molecular weight excluding hydrogens is 316 g/mol. The van der Waals surface area contributed by atoms with Crippen LogP contribution in [0.15, 0.2) is 36.5 Å². The molecule has 2 heterocycles. The average Bonchev–Trinajstić information content (AvgIpc) is 3.09. The molecule has 0 aliphatic heterocycles. The molecule has 0 atom stereocenters. The van der Waals surface area contributed by atoms with Gasteiger partial charge in [-0.05, 0) is 32.0 Å². The fraction of sp³-hybridized carbons (Fsp3) is 0.278. The molecule has 0 fully saturated rings. The molecule has 0 aliphatic rings. The van der Waals surface area contributed by atoms with Crippen LogP contribution in [0.4, 0.5) is 11.8 Å². The monoisotopic (exact) mass is 338 g/mol. The first-order chi connectivity index (χ1) is 12.2. The number of anilines is 2. The highest BCUT2D eigenvalue weighted by Crippen LogP contribution is 2.22. The molecule has 0 bridgehead atoms. The van der Waals surface area contributed by atoms with E-state index in [1.807, 2.05) is 31.2 Å². The van der Waals surface area contributed by atoms with Crippen molar-refractivity contribution in [3.8, 4) is 17.1 Å². The minimum absolute atomic E-state index is 0.591. The van der Waals surface area contributed by atoms with E-state index in [1.165, 1.54) is 5.56 Å². The predicted octanol–water partition coefficient (Wildman–Crippen LogP) is 3.23. The van der Waals surface area contributed by atoms with Gasteiger partial charge < -0.3 is 15.4 Å². The first-order valence-electron chi connectivity index (χ1n) is 8.19. The van der Waals surface area contributed by atoms with Gasteiger partial charge in [0.1, 0.15) is 11.6 Å². The molecule has 0 aliphatic carbocycles. The maximum atomic E-state index is 5.42. The zero-order valence-electron chi connectivity index (χ0n) is 14.6. The second-order valence-corrected chi connectivity index (χ2v) is 5.64. The van der Waals surface area contributed by atoms with Gasteiger partial charge in [0.15, 0.2) is 5.82 Å². The average molecular weight is 338 g/mol. The van der Waals surface area contributed by atoms with Crippen LogP contribution in [0.1, 0.15) is 18.1 Å². The lowest BCUT2D eigenvalue weighted by molar-refractivity contribution is 0.410. The Balaban J connectivity index is 1.74. The number of hydrogen-bond acceptors (Lipinski definition) is 6. The first kappa shape index (κ1) is 16.8. The molecule has 7 heteroatoms. The molecule has 0 saturated heterocycles. The molecule has 1 aromatic carbocycles. The summed E-state index contributed by atoms with van der Waals surface area (Å²) in [6, 6.07) is 9.96. The van der Waals surface area contributed by atoms with Gasteiger partial charge in [-0.3, -0.25) is 5.10 Å².